The molecule has 0 radical (unpaired) electrons. The number of aryl methyl sites for hydroxylation is 1. The second-order valence-electron chi connectivity index (χ2n) is 5.48. The Balaban J connectivity index is 1.80. The van der Waals surface area contributed by atoms with Crippen molar-refractivity contribution in [2.75, 3.05) is 18.5 Å². The van der Waals surface area contributed by atoms with Gasteiger partial charge in [0.1, 0.15) is 6.04 Å². The molecule has 2 heterocycles. The fraction of sp³-hybridized carbons (Fsp3) is 0.312. The van der Waals surface area contributed by atoms with Crippen LogP contribution in [0.15, 0.2) is 29.6 Å². The highest BCUT2D eigenvalue weighted by Crippen LogP contribution is 2.30. The maximum atomic E-state index is 12.7. The van der Waals surface area contributed by atoms with Crippen molar-refractivity contribution < 1.29 is 9.59 Å². The van der Waals surface area contributed by atoms with Crippen LogP contribution in [0.2, 0.25) is 5.02 Å². The van der Waals surface area contributed by atoms with Crippen LogP contribution in [0.5, 0.6) is 0 Å². The largest absolute Gasteiger partial charge is 0.330 e. The Kier molecular flexibility index (Phi) is 4.37. The minimum atomic E-state index is -0.474. The predicted molar refractivity (Wildman–Crippen MR) is 91.2 cm³/mol. The van der Waals surface area contributed by atoms with Gasteiger partial charge in [0.25, 0.3) is 5.91 Å². The van der Waals surface area contributed by atoms with E-state index in [1.807, 2.05) is 18.2 Å². The summed E-state index contributed by atoms with van der Waals surface area (Å²) in [6, 6.07) is 6.77. The number of amides is 2. The third-order valence-corrected chi connectivity index (χ3v) is 5.13. The van der Waals surface area contributed by atoms with Gasteiger partial charge in [-0.3, -0.25) is 9.59 Å². The molecular formula is C16H16ClN3O2S. The van der Waals surface area contributed by atoms with Gasteiger partial charge in [0.05, 0.1) is 22.0 Å². The molecule has 1 fully saturated rings. The van der Waals surface area contributed by atoms with Gasteiger partial charge >= 0.3 is 0 Å². The Hall–Kier alpha value is -1.92. The van der Waals surface area contributed by atoms with E-state index < -0.39 is 6.04 Å². The summed E-state index contributed by atoms with van der Waals surface area (Å²) in [6.45, 7) is 2.34. The summed E-state index contributed by atoms with van der Waals surface area (Å²) >= 11 is 7.42. The molecule has 3 rings (SSSR count). The van der Waals surface area contributed by atoms with E-state index in [4.69, 9.17) is 11.6 Å². The van der Waals surface area contributed by atoms with Gasteiger partial charge < -0.3 is 9.80 Å². The number of hydrogen-bond donors (Lipinski definition) is 0. The first-order chi connectivity index (χ1) is 11.0. The Morgan fingerprint density at radius 2 is 2.17 bits per heavy atom. The second-order valence-corrected chi connectivity index (χ2v) is 6.51. The van der Waals surface area contributed by atoms with Gasteiger partial charge in [0.15, 0.2) is 0 Å². The summed E-state index contributed by atoms with van der Waals surface area (Å²) in [5.74, 6) is -0.273. The summed E-state index contributed by atoms with van der Waals surface area (Å²) < 4.78 is 4.12. The SMILES string of the molecule is Cc1nscc1C(=O)N(C)[C@H]1CCN(c2ccccc2Cl)C1=O. The molecule has 0 bridgehead atoms. The van der Waals surface area contributed by atoms with E-state index in [1.54, 1.807) is 30.3 Å². The van der Waals surface area contributed by atoms with Gasteiger partial charge in [0.2, 0.25) is 5.91 Å². The Bertz CT molecular complexity index is 761. The molecule has 1 saturated heterocycles. The van der Waals surface area contributed by atoms with Crippen molar-refractivity contribution in [3.63, 3.8) is 0 Å². The molecular weight excluding hydrogens is 334 g/mol. The van der Waals surface area contributed by atoms with Crippen LogP contribution >= 0.6 is 23.1 Å². The van der Waals surface area contributed by atoms with Crippen LogP contribution in [-0.2, 0) is 4.79 Å². The fourth-order valence-corrected chi connectivity index (χ4v) is 3.69. The molecule has 1 aromatic heterocycles. The molecule has 2 amide bonds. The van der Waals surface area contributed by atoms with Crippen molar-refractivity contribution in [2.24, 2.45) is 0 Å². The third kappa shape index (κ3) is 2.84. The van der Waals surface area contributed by atoms with Crippen molar-refractivity contribution in [3.05, 3.63) is 45.9 Å². The first-order valence-corrected chi connectivity index (χ1v) is 8.46. The molecule has 5 nitrogen and oxygen atoms in total. The molecule has 0 spiro atoms. The number of benzene rings is 1. The molecule has 1 atom stereocenters. The van der Waals surface area contributed by atoms with Crippen LogP contribution < -0.4 is 4.90 Å². The maximum absolute atomic E-state index is 12.7. The van der Waals surface area contributed by atoms with Crippen LogP contribution in [0, 0.1) is 6.92 Å². The van der Waals surface area contributed by atoms with Crippen molar-refractivity contribution in [1.82, 2.24) is 9.27 Å². The zero-order valence-corrected chi connectivity index (χ0v) is 14.4. The number of anilines is 1. The lowest BCUT2D eigenvalue weighted by atomic mass is 10.1. The Labute approximate surface area is 143 Å². The number of rotatable bonds is 3. The number of para-hydroxylation sites is 1. The molecule has 0 N–H and O–H groups in total. The van der Waals surface area contributed by atoms with E-state index in [9.17, 15) is 9.59 Å². The van der Waals surface area contributed by atoms with Gasteiger partial charge in [-0.15, -0.1) is 0 Å². The highest BCUT2D eigenvalue weighted by Gasteiger charge is 2.38. The molecule has 1 aliphatic heterocycles. The lowest BCUT2D eigenvalue weighted by Gasteiger charge is -2.24. The first-order valence-electron chi connectivity index (χ1n) is 7.24. The third-order valence-electron chi connectivity index (χ3n) is 4.09. The Morgan fingerprint density at radius 1 is 1.43 bits per heavy atom. The molecule has 23 heavy (non-hydrogen) atoms. The van der Waals surface area contributed by atoms with E-state index in [0.717, 1.165) is 0 Å². The highest BCUT2D eigenvalue weighted by atomic mass is 35.5. The highest BCUT2D eigenvalue weighted by molar-refractivity contribution is 7.03. The number of aromatic nitrogens is 1. The van der Waals surface area contributed by atoms with Gasteiger partial charge in [0, 0.05) is 19.0 Å². The van der Waals surface area contributed by atoms with Crippen LogP contribution in [0.1, 0.15) is 22.5 Å². The van der Waals surface area contributed by atoms with Crippen LogP contribution in [-0.4, -0.2) is 40.7 Å². The minimum Gasteiger partial charge on any atom is -0.330 e. The summed E-state index contributed by atoms with van der Waals surface area (Å²) in [5, 5.41) is 2.26. The quantitative estimate of drug-likeness (QED) is 0.856. The van der Waals surface area contributed by atoms with Crippen LogP contribution in [0.25, 0.3) is 0 Å². The van der Waals surface area contributed by atoms with Crippen molar-refractivity contribution in [3.8, 4) is 0 Å². The molecule has 0 unspecified atom stereocenters. The number of hydrogen-bond acceptors (Lipinski definition) is 4. The topological polar surface area (TPSA) is 53.5 Å². The number of halogens is 1. The number of carbonyl (C=O) groups excluding carboxylic acids is 2. The molecule has 2 aromatic rings. The van der Waals surface area contributed by atoms with E-state index in [1.165, 1.54) is 16.4 Å². The summed E-state index contributed by atoms with van der Waals surface area (Å²) in [4.78, 5) is 28.4. The second kappa shape index (κ2) is 6.29. The lowest BCUT2D eigenvalue weighted by Crippen LogP contribution is -2.43. The molecule has 120 valence electrons. The van der Waals surface area contributed by atoms with E-state index in [2.05, 4.69) is 4.37 Å². The summed E-state index contributed by atoms with van der Waals surface area (Å²) in [6.07, 6.45) is 0.586. The standard InChI is InChI=1S/C16H16ClN3O2S/c1-10-11(9-23-18-10)15(21)19(2)14-7-8-20(16(14)22)13-6-4-3-5-12(13)17/h3-6,9,14H,7-8H2,1-2H3/t14-/m0/s1. The average Bonchev–Trinajstić information content (AvgIpc) is 3.12. The van der Waals surface area contributed by atoms with Gasteiger partial charge in [-0.05, 0) is 37.0 Å². The first kappa shape index (κ1) is 16.0. The van der Waals surface area contributed by atoms with Gasteiger partial charge in [-0.25, -0.2) is 0 Å². The maximum Gasteiger partial charge on any atom is 0.257 e. The molecule has 1 aromatic carbocycles. The molecule has 7 heteroatoms. The molecule has 0 aliphatic carbocycles. The van der Waals surface area contributed by atoms with Crippen LogP contribution in [0.4, 0.5) is 5.69 Å². The summed E-state index contributed by atoms with van der Waals surface area (Å²) in [7, 11) is 1.66. The normalized spacial score (nSPS) is 17.6. The van der Waals surface area contributed by atoms with Crippen molar-refractivity contribution in [1.29, 1.82) is 0 Å². The number of nitrogens with zero attached hydrogens (tertiary/aromatic N) is 3. The van der Waals surface area contributed by atoms with Crippen LogP contribution in [0.3, 0.4) is 0 Å². The monoisotopic (exact) mass is 349 g/mol. The average molecular weight is 350 g/mol. The van der Waals surface area contributed by atoms with Crippen molar-refractivity contribution >= 4 is 40.6 Å². The number of carbonyl (C=O) groups is 2. The predicted octanol–water partition coefficient (Wildman–Crippen LogP) is 2.98. The van der Waals surface area contributed by atoms with E-state index >= 15 is 0 Å². The lowest BCUT2D eigenvalue weighted by molar-refractivity contribution is -0.120. The summed E-state index contributed by atoms with van der Waals surface area (Å²) in [5.41, 5.74) is 1.94. The van der Waals surface area contributed by atoms with Gasteiger partial charge in [-0.2, -0.15) is 4.37 Å². The smallest absolute Gasteiger partial charge is 0.257 e. The fourth-order valence-electron chi connectivity index (χ4n) is 2.76. The molecule has 1 aliphatic rings. The van der Waals surface area contributed by atoms with E-state index in [0.29, 0.717) is 34.9 Å². The minimum absolute atomic E-state index is 0.102. The Morgan fingerprint density at radius 3 is 2.83 bits per heavy atom. The molecule has 0 saturated carbocycles. The zero-order chi connectivity index (χ0) is 16.6. The van der Waals surface area contributed by atoms with Crippen molar-refractivity contribution in [2.45, 2.75) is 19.4 Å². The van der Waals surface area contributed by atoms with Gasteiger partial charge in [-0.1, -0.05) is 23.7 Å². The van der Waals surface area contributed by atoms with E-state index in [-0.39, 0.29) is 11.8 Å². The number of likely N-dealkylation sites (N-methyl/N-ethyl adjacent to an activating group) is 1. The zero-order valence-electron chi connectivity index (χ0n) is 12.8.